The van der Waals surface area contributed by atoms with E-state index >= 15 is 0 Å². The van der Waals surface area contributed by atoms with E-state index in [1.807, 2.05) is 20.8 Å². The summed E-state index contributed by atoms with van der Waals surface area (Å²) in [6.45, 7) is 6.44. The van der Waals surface area contributed by atoms with Crippen LogP contribution in [0.4, 0.5) is 0 Å². The fourth-order valence-electron chi connectivity index (χ4n) is 1.27. The van der Waals surface area contributed by atoms with Crippen LogP contribution in [0.5, 0.6) is 0 Å². The van der Waals surface area contributed by atoms with Crippen molar-refractivity contribution < 1.29 is 0 Å². The monoisotopic (exact) mass is 183 g/mol. The van der Waals surface area contributed by atoms with Crippen molar-refractivity contribution in [1.82, 2.24) is 9.13 Å². The molecule has 1 heterocycles. The molecule has 1 atom stereocenters. The summed E-state index contributed by atoms with van der Waals surface area (Å²) >= 11 is 0. The summed E-state index contributed by atoms with van der Waals surface area (Å²) < 4.78 is 3.34. The smallest absolute Gasteiger partial charge is 0.326 e. The second kappa shape index (κ2) is 3.79. The van der Waals surface area contributed by atoms with E-state index < -0.39 is 0 Å². The Kier molecular flexibility index (Phi) is 2.93. The van der Waals surface area contributed by atoms with Crippen molar-refractivity contribution in [2.75, 3.05) is 0 Å². The van der Waals surface area contributed by atoms with E-state index in [-0.39, 0.29) is 17.8 Å². The average Bonchev–Trinajstić information content (AvgIpc) is 2.32. The molecule has 0 unspecified atom stereocenters. The molecule has 0 fully saturated rings. The van der Waals surface area contributed by atoms with Crippen molar-refractivity contribution in [2.45, 2.75) is 39.4 Å². The molecule has 0 saturated heterocycles. The third-order valence-electron chi connectivity index (χ3n) is 1.91. The van der Waals surface area contributed by atoms with Crippen LogP contribution in [0.15, 0.2) is 17.2 Å². The predicted molar refractivity (Wildman–Crippen MR) is 52.7 cm³/mol. The zero-order valence-electron chi connectivity index (χ0n) is 8.40. The third kappa shape index (κ3) is 2.21. The van der Waals surface area contributed by atoms with Crippen LogP contribution in [0.25, 0.3) is 0 Å². The maximum Gasteiger partial charge on any atom is 0.328 e. The molecule has 0 spiro atoms. The van der Waals surface area contributed by atoms with Crippen LogP contribution in [0.3, 0.4) is 0 Å². The molecule has 1 aromatic rings. The fraction of sp³-hybridized carbons (Fsp3) is 0.667. The Bertz CT molecular complexity index is 322. The summed E-state index contributed by atoms with van der Waals surface area (Å²) in [6.07, 6.45) is 3.58. The number of nitrogens with two attached hydrogens (primary N) is 1. The van der Waals surface area contributed by atoms with Crippen molar-refractivity contribution in [3.8, 4) is 0 Å². The van der Waals surface area contributed by atoms with Gasteiger partial charge in [0.05, 0.1) is 0 Å². The van der Waals surface area contributed by atoms with Crippen LogP contribution in [-0.4, -0.2) is 15.2 Å². The first-order chi connectivity index (χ1) is 6.02. The zero-order valence-corrected chi connectivity index (χ0v) is 8.40. The van der Waals surface area contributed by atoms with Gasteiger partial charge in [-0.25, -0.2) is 4.79 Å². The molecule has 74 valence electrons. The fourth-order valence-corrected chi connectivity index (χ4v) is 1.27. The Hall–Kier alpha value is -1.03. The summed E-state index contributed by atoms with van der Waals surface area (Å²) in [5.74, 6) is 0. The minimum atomic E-state index is 0.0145. The predicted octanol–water partition coefficient (Wildman–Crippen LogP) is 0.578. The Morgan fingerprint density at radius 1 is 1.38 bits per heavy atom. The van der Waals surface area contributed by atoms with Gasteiger partial charge in [-0.1, -0.05) is 0 Å². The topological polar surface area (TPSA) is 52.9 Å². The van der Waals surface area contributed by atoms with E-state index in [1.54, 1.807) is 21.5 Å². The molecule has 4 nitrogen and oxygen atoms in total. The number of hydrogen-bond donors (Lipinski definition) is 1. The Balaban J connectivity index is 2.94. The summed E-state index contributed by atoms with van der Waals surface area (Å²) in [5.41, 5.74) is 5.63. The van der Waals surface area contributed by atoms with E-state index in [1.165, 1.54) is 0 Å². The number of hydrogen-bond acceptors (Lipinski definition) is 2. The van der Waals surface area contributed by atoms with Gasteiger partial charge in [-0.3, -0.25) is 9.13 Å². The van der Waals surface area contributed by atoms with Crippen molar-refractivity contribution in [2.24, 2.45) is 5.73 Å². The normalized spacial score (nSPS) is 13.6. The second-order valence-corrected chi connectivity index (χ2v) is 3.71. The molecule has 4 heteroatoms. The molecule has 0 aromatic carbocycles. The van der Waals surface area contributed by atoms with E-state index in [0.29, 0.717) is 6.54 Å². The van der Waals surface area contributed by atoms with E-state index in [4.69, 9.17) is 5.73 Å². The van der Waals surface area contributed by atoms with Crippen LogP contribution in [0.2, 0.25) is 0 Å². The van der Waals surface area contributed by atoms with Gasteiger partial charge in [0.25, 0.3) is 0 Å². The zero-order chi connectivity index (χ0) is 10.0. The van der Waals surface area contributed by atoms with Crippen LogP contribution in [-0.2, 0) is 6.54 Å². The molecule has 0 amide bonds. The Morgan fingerprint density at radius 3 is 2.38 bits per heavy atom. The molecule has 1 rings (SSSR count). The lowest BCUT2D eigenvalue weighted by Crippen LogP contribution is -2.31. The number of imidazole rings is 1. The van der Waals surface area contributed by atoms with E-state index in [9.17, 15) is 4.79 Å². The lowest BCUT2D eigenvalue weighted by molar-refractivity contribution is 0.526. The first-order valence-corrected chi connectivity index (χ1v) is 4.55. The van der Waals surface area contributed by atoms with Gasteiger partial charge in [0.15, 0.2) is 0 Å². The third-order valence-corrected chi connectivity index (χ3v) is 1.91. The number of rotatable bonds is 3. The molecule has 1 aromatic heterocycles. The highest BCUT2D eigenvalue weighted by Crippen LogP contribution is 1.99. The lowest BCUT2D eigenvalue weighted by Gasteiger charge is -2.06. The molecule has 0 aliphatic heterocycles. The minimum absolute atomic E-state index is 0.0145. The molecule has 0 radical (unpaired) electrons. The van der Waals surface area contributed by atoms with Gasteiger partial charge in [-0.15, -0.1) is 0 Å². The molecule has 0 bridgehead atoms. The Labute approximate surface area is 78.0 Å². The van der Waals surface area contributed by atoms with Crippen molar-refractivity contribution in [3.05, 3.63) is 22.9 Å². The van der Waals surface area contributed by atoms with Gasteiger partial charge >= 0.3 is 5.69 Å². The molecular weight excluding hydrogens is 166 g/mol. The van der Waals surface area contributed by atoms with Gasteiger partial charge in [-0.2, -0.15) is 0 Å². The summed E-state index contributed by atoms with van der Waals surface area (Å²) in [4.78, 5) is 11.6. The van der Waals surface area contributed by atoms with Gasteiger partial charge in [0.2, 0.25) is 0 Å². The summed E-state index contributed by atoms with van der Waals surface area (Å²) in [6, 6.07) is 0.225. The maximum absolute atomic E-state index is 11.6. The number of aromatic nitrogens is 2. The van der Waals surface area contributed by atoms with Crippen molar-refractivity contribution >= 4 is 0 Å². The van der Waals surface area contributed by atoms with Crippen molar-refractivity contribution in [1.29, 1.82) is 0 Å². The van der Waals surface area contributed by atoms with E-state index in [0.717, 1.165) is 0 Å². The first-order valence-electron chi connectivity index (χ1n) is 4.55. The standard InChI is InChI=1S/C9H17N3O/c1-7(2)12-5-4-11(9(12)13)6-8(3)10/h4-5,7-8H,6,10H2,1-3H3/t8-/m0/s1. The van der Waals surface area contributed by atoms with Crippen LogP contribution >= 0.6 is 0 Å². The SMILES string of the molecule is CC(C)n1ccn(C[C@H](C)N)c1=O. The summed E-state index contributed by atoms with van der Waals surface area (Å²) in [5, 5.41) is 0. The average molecular weight is 183 g/mol. The lowest BCUT2D eigenvalue weighted by atomic mass is 10.4. The molecule has 0 saturated carbocycles. The molecule has 13 heavy (non-hydrogen) atoms. The van der Waals surface area contributed by atoms with Crippen molar-refractivity contribution in [3.63, 3.8) is 0 Å². The largest absolute Gasteiger partial charge is 0.328 e. The highest BCUT2D eigenvalue weighted by molar-refractivity contribution is 4.84. The Morgan fingerprint density at radius 2 is 2.00 bits per heavy atom. The molecule has 0 aliphatic rings. The molecule has 0 aliphatic carbocycles. The van der Waals surface area contributed by atoms with Gasteiger partial charge < -0.3 is 5.73 Å². The highest BCUT2D eigenvalue weighted by atomic mass is 16.1. The highest BCUT2D eigenvalue weighted by Gasteiger charge is 2.06. The first kappa shape index (κ1) is 10.1. The number of nitrogens with zero attached hydrogens (tertiary/aromatic N) is 2. The second-order valence-electron chi connectivity index (χ2n) is 3.71. The maximum atomic E-state index is 11.6. The summed E-state index contributed by atoms with van der Waals surface area (Å²) in [7, 11) is 0. The van der Waals surface area contributed by atoms with Gasteiger partial charge in [0.1, 0.15) is 0 Å². The van der Waals surface area contributed by atoms with Crippen LogP contribution in [0, 0.1) is 0 Å². The van der Waals surface area contributed by atoms with Crippen LogP contribution in [0.1, 0.15) is 26.8 Å². The molecular formula is C9H17N3O. The van der Waals surface area contributed by atoms with Gasteiger partial charge in [0, 0.05) is 31.0 Å². The van der Waals surface area contributed by atoms with Gasteiger partial charge in [-0.05, 0) is 20.8 Å². The quantitative estimate of drug-likeness (QED) is 0.745. The van der Waals surface area contributed by atoms with E-state index in [2.05, 4.69) is 0 Å². The van der Waals surface area contributed by atoms with Crippen LogP contribution < -0.4 is 11.4 Å². The molecule has 2 N–H and O–H groups in total. The minimum Gasteiger partial charge on any atom is -0.326 e.